The molecule has 2 fully saturated rings. The Morgan fingerprint density at radius 2 is 1.65 bits per heavy atom. The number of fused-ring (bicyclic) bond motifs is 1. The van der Waals surface area contributed by atoms with Gasteiger partial charge in [0.2, 0.25) is 0 Å². The van der Waals surface area contributed by atoms with Crippen molar-refractivity contribution in [2.24, 2.45) is 0 Å². The maximum absolute atomic E-state index is 10.9. The number of aliphatic hydroxyl groups is 2. The van der Waals surface area contributed by atoms with Crippen LogP contribution in [0.2, 0.25) is 0 Å². The Balaban J connectivity index is 1.35. The number of rotatable bonds is 11. The van der Waals surface area contributed by atoms with Gasteiger partial charge in [0.25, 0.3) is 0 Å². The molecule has 3 heterocycles. The van der Waals surface area contributed by atoms with Crippen LogP contribution in [-0.2, 0) is 16.0 Å². The van der Waals surface area contributed by atoms with E-state index in [-0.39, 0.29) is 12.5 Å². The molecule has 43 heavy (non-hydrogen) atoms. The molecule has 0 bridgehead atoms. The average molecular weight is 587 g/mol. The second-order valence-electron chi connectivity index (χ2n) is 11.8. The van der Waals surface area contributed by atoms with E-state index < -0.39 is 24.5 Å². The van der Waals surface area contributed by atoms with Crippen molar-refractivity contribution in [2.45, 2.75) is 75.1 Å². The number of methoxy groups -OCH3 is 1. The van der Waals surface area contributed by atoms with Crippen molar-refractivity contribution in [2.75, 3.05) is 32.6 Å². The number of imidazole rings is 1. The highest BCUT2D eigenvalue weighted by Crippen LogP contribution is 2.34. The van der Waals surface area contributed by atoms with Gasteiger partial charge in [-0.05, 0) is 31.0 Å². The fourth-order valence-corrected chi connectivity index (χ4v) is 6.47. The molecule has 228 valence electrons. The first-order valence-electron chi connectivity index (χ1n) is 15.3. The Hall–Kier alpha value is -3.41. The van der Waals surface area contributed by atoms with Gasteiger partial charge in [-0.1, -0.05) is 79.9 Å². The molecule has 6 rings (SSSR count). The lowest BCUT2D eigenvalue weighted by Gasteiger charge is -2.30. The lowest BCUT2D eigenvalue weighted by Crippen LogP contribution is -2.34. The minimum Gasteiger partial charge on any atom is -0.387 e. The van der Waals surface area contributed by atoms with Crippen LogP contribution < -0.4 is 5.32 Å². The fourth-order valence-electron chi connectivity index (χ4n) is 6.47. The monoisotopic (exact) mass is 586 g/mol. The van der Waals surface area contributed by atoms with E-state index in [9.17, 15) is 10.2 Å². The van der Waals surface area contributed by atoms with E-state index in [1.54, 1.807) is 18.0 Å². The molecule has 1 aliphatic carbocycles. The summed E-state index contributed by atoms with van der Waals surface area (Å²) in [4.78, 5) is 17.0. The predicted molar refractivity (Wildman–Crippen MR) is 165 cm³/mol. The molecule has 10 nitrogen and oxygen atoms in total. The molecule has 2 aromatic carbocycles. The highest BCUT2D eigenvalue weighted by atomic mass is 16.6. The van der Waals surface area contributed by atoms with Crippen molar-refractivity contribution in [1.82, 2.24) is 24.4 Å². The van der Waals surface area contributed by atoms with Crippen LogP contribution >= 0.6 is 0 Å². The van der Waals surface area contributed by atoms with Crippen molar-refractivity contribution in [1.29, 1.82) is 0 Å². The molecule has 0 amide bonds. The molecule has 1 saturated carbocycles. The summed E-state index contributed by atoms with van der Waals surface area (Å²) in [5, 5.41) is 25.2. The number of ether oxygens (including phenoxy) is 2. The van der Waals surface area contributed by atoms with Gasteiger partial charge in [0, 0.05) is 25.6 Å². The standard InChI is InChI=1S/C33H42N6O4/c1-38(24-16-10-5-11-17-24)19-27-36-31(34-18-25(22-12-6-3-7-13-22)23-14-8-4-9-15-23)28-32(37-27)39(21-35-28)33-30(41)29(40)26(43-33)20-42-2/h3-4,6-9,12-15,21,24-26,29-30,33,40-41H,5,10-11,16-20H2,1-2H3,(H,34,36,37)/t26-,29-,30?,33-/m1/s1. The molecule has 2 aliphatic rings. The zero-order valence-electron chi connectivity index (χ0n) is 24.9. The molecule has 0 spiro atoms. The number of aliphatic hydroxyl groups excluding tert-OH is 2. The van der Waals surface area contributed by atoms with Crippen LogP contribution in [0.4, 0.5) is 5.82 Å². The summed E-state index contributed by atoms with van der Waals surface area (Å²) in [7, 11) is 3.69. The van der Waals surface area contributed by atoms with E-state index in [2.05, 4.69) is 70.8 Å². The van der Waals surface area contributed by atoms with Gasteiger partial charge in [0.15, 0.2) is 23.2 Å². The second-order valence-corrected chi connectivity index (χ2v) is 11.8. The molecule has 4 aromatic rings. The summed E-state index contributed by atoms with van der Waals surface area (Å²) >= 11 is 0. The number of benzene rings is 2. The summed E-state index contributed by atoms with van der Waals surface area (Å²) in [6.07, 6.45) is 4.01. The Morgan fingerprint density at radius 1 is 0.977 bits per heavy atom. The van der Waals surface area contributed by atoms with Crippen LogP contribution in [0, 0.1) is 0 Å². The van der Waals surface area contributed by atoms with Gasteiger partial charge < -0.3 is 25.0 Å². The summed E-state index contributed by atoms with van der Waals surface area (Å²) in [6, 6.07) is 21.4. The van der Waals surface area contributed by atoms with Gasteiger partial charge in [-0.15, -0.1) is 0 Å². The molecule has 1 aliphatic heterocycles. The van der Waals surface area contributed by atoms with E-state index in [1.165, 1.54) is 43.2 Å². The van der Waals surface area contributed by atoms with Crippen molar-refractivity contribution < 1.29 is 19.7 Å². The molecular formula is C33H42N6O4. The predicted octanol–water partition coefficient (Wildman–Crippen LogP) is 4.10. The zero-order chi connectivity index (χ0) is 29.8. The lowest BCUT2D eigenvalue weighted by molar-refractivity contribution is -0.0580. The van der Waals surface area contributed by atoms with Crippen molar-refractivity contribution >= 4 is 17.0 Å². The van der Waals surface area contributed by atoms with E-state index in [0.717, 1.165) is 0 Å². The highest BCUT2D eigenvalue weighted by molar-refractivity contribution is 5.83. The topological polar surface area (TPSA) is 118 Å². The summed E-state index contributed by atoms with van der Waals surface area (Å²) < 4.78 is 13.0. The Morgan fingerprint density at radius 3 is 2.30 bits per heavy atom. The van der Waals surface area contributed by atoms with Gasteiger partial charge in [0.05, 0.1) is 19.5 Å². The van der Waals surface area contributed by atoms with Gasteiger partial charge in [-0.25, -0.2) is 15.0 Å². The maximum Gasteiger partial charge on any atom is 0.168 e. The van der Waals surface area contributed by atoms with Gasteiger partial charge in [0.1, 0.15) is 24.1 Å². The molecule has 10 heteroatoms. The third kappa shape index (κ3) is 6.44. The van der Waals surface area contributed by atoms with Crippen LogP contribution in [-0.4, -0.2) is 86.3 Å². The van der Waals surface area contributed by atoms with Crippen LogP contribution in [0.1, 0.15) is 61.2 Å². The van der Waals surface area contributed by atoms with Crippen molar-refractivity contribution in [3.05, 3.63) is 83.9 Å². The number of nitrogens with one attached hydrogen (secondary N) is 1. The lowest BCUT2D eigenvalue weighted by atomic mass is 9.91. The largest absolute Gasteiger partial charge is 0.387 e. The molecule has 4 atom stereocenters. The minimum absolute atomic E-state index is 0.0906. The number of anilines is 1. The third-order valence-electron chi connectivity index (χ3n) is 8.88. The molecule has 0 radical (unpaired) electrons. The maximum atomic E-state index is 10.9. The van der Waals surface area contributed by atoms with Gasteiger partial charge in [-0.3, -0.25) is 9.47 Å². The molecule has 3 N–H and O–H groups in total. The van der Waals surface area contributed by atoms with E-state index in [0.29, 0.717) is 41.9 Å². The number of aromatic nitrogens is 4. The average Bonchev–Trinajstić information content (AvgIpc) is 3.59. The third-order valence-corrected chi connectivity index (χ3v) is 8.88. The number of hydrogen-bond acceptors (Lipinski definition) is 9. The first-order chi connectivity index (χ1) is 21.0. The summed E-state index contributed by atoms with van der Waals surface area (Å²) in [6.45, 7) is 1.35. The van der Waals surface area contributed by atoms with Crippen LogP contribution in [0.25, 0.3) is 11.2 Å². The van der Waals surface area contributed by atoms with Crippen LogP contribution in [0.3, 0.4) is 0 Å². The number of hydrogen-bond donors (Lipinski definition) is 3. The first kappa shape index (κ1) is 29.7. The second kappa shape index (κ2) is 13.5. The Bertz CT molecular complexity index is 1420. The Kier molecular flexibility index (Phi) is 9.30. The summed E-state index contributed by atoms with van der Waals surface area (Å²) in [5.41, 5.74) is 3.55. The normalized spacial score (nSPS) is 23.0. The number of nitrogens with zero attached hydrogens (tertiary/aromatic N) is 5. The quantitative estimate of drug-likeness (QED) is 0.239. The van der Waals surface area contributed by atoms with Crippen molar-refractivity contribution in [3.63, 3.8) is 0 Å². The van der Waals surface area contributed by atoms with E-state index in [1.807, 2.05) is 12.1 Å². The molecule has 2 aromatic heterocycles. The van der Waals surface area contributed by atoms with Crippen LogP contribution in [0.15, 0.2) is 67.0 Å². The summed E-state index contributed by atoms with van der Waals surface area (Å²) in [5.74, 6) is 1.39. The van der Waals surface area contributed by atoms with Crippen molar-refractivity contribution in [3.8, 4) is 0 Å². The minimum atomic E-state index is -1.15. The molecular weight excluding hydrogens is 544 g/mol. The first-order valence-corrected chi connectivity index (χ1v) is 15.3. The van der Waals surface area contributed by atoms with E-state index in [4.69, 9.17) is 19.4 Å². The SMILES string of the molecule is COC[C@H]1O[C@@H](n2cnc3c(NCC(c4ccccc4)c4ccccc4)nc(CN(C)C4CCCCC4)nc32)C(O)[C@@H]1O. The van der Waals surface area contributed by atoms with E-state index >= 15 is 0 Å². The van der Waals surface area contributed by atoms with Gasteiger partial charge in [-0.2, -0.15) is 0 Å². The van der Waals surface area contributed by atoms with Crippen LogP contribution in [0.5, 0.6) is 0 Å². The zero-order valence-corrected chi connectivity index (χ0v) is 24.9. The smallest absolute Gasteiger partial charge is 0.168 e. The highest BCUT2D eigenvalue weighted by Gasteiger charge is 2.44. The molecule has 1 unspecified atom stereocenters. The van der Waals surface area contributed by atoms with Gasteiger partial charge >= 0.3 is 0 Å². The Labute approximate surface area is 252 Å². The fraction of sp³-hybridized carbons (Fsp3) is 0.485. The molecule has 1 saturated heterocycles.